The fraction of sp³-hybridized carbons (Fsp3) is 0.400. The molecule has 82 valence electrons. The highest BCUT2D eigenvalue weighted by Gasteiger charge is 2.16. The van der Waals surface area contributed by atoms with E-state index in [0.29, 0.717) is 6.42 Å². The van der Waals surface area contributed by atoms with E-state index in [1.807, 2.05) is 0 Å². The van der Waals surface area contributed by atoms with E-state index in [1.165, 1.54) is 12.2 Å². The van der Waals surface area contributed by atoms with E-state index in [1.54, 1.807) is 13.0 Å². The lowest BCUT2D eigenvalue weighted by Crippen LogP contribution is -2.43. The summed E-state index contributed by atoms with van der Waals surface area (Å²) in [4.78, 5) is 21.9. The Kier molecular flexibility index (Phi) is 3.62. The Bertz CT molecular complexity index is 332. The molecule has 4 N–H and O–H groups in total. The molecule has 15 heavy (non-hydrogen) atoms. The maximum Gasteiger partial charge on any atom is 0.335 e. The number of aliphatic carboxylic acids is 1. The van der Waals surface area contributed by atoms with Gasteiger partial charge in [0.2, 0.25) is 5.91 Å². The first-order valence-corrected chi connectivity index (χ1v) is 4.68. The van der Waals surface area contributed by atoms with Gasteiger partial charge in [-0.3, -0.25) is 4.79 Å². The monoisotopic (exact) mass is 210 g/mol. The summed E-state index contributed by atoms with van der Waals surface area (Å²) in [5, 5.41) is 11.4. The molecule has 0 aliphatic heterocycles. The number of carboxylic acid groups (broad SMARTS) is 1. The Morgan fingerprint density at radius 1 is 1.67 bits per heavy atom. The number of rotatable bonds is 3. The van der Waals surface area contributed by atoms with Crippen LogP contribution in [0.4, 0.5) is 0 Å². The Hall–Kier alpha value is -1.62. The van der Waals surface area contributed by atoms with Crippen molar-refractivity contribution >= 4 is 11.9 Å². The molecule has 0 spiro atoms. The van der Waals surface area contributed by atoms with Gasteiger partial charge in [0, 0.05) is 0 Å². The number of carbonyl (C=O) groups excluding carboxylic acids is 1. The molecule has 1 amide bonds. The highest BCUT2D eigenvalue weighted by Crippen LogP contribution is 2.10. The van der Waals surface area contributed by atoms with E-state index in [9.17, 15) is 9.59 Å². The summed E-state index contributed by atoms with van der Waals surface area (Å²) in [5.74, 6) is -1.28. The molecule has 2 unspecified atom stereocenters. The quantitative estimate of drug-likeness (QED) is 0.601. The van der Waals surface area contributed by atoms with Crippen molar-refractivity contribution < 1.29 is 14.7 Å². The Balaban J connectivity index is 2.63. The number of carboxylic acids is 1. The molecule has 0 heterocycles. The minimum absolute atomic E-state index is 0.191. The fourth-order valence-electron chi connectivity index (χ4n) is 1.24. The van der Waals surface area contributed by atoms with Crippen molar-refractivity contribution in [3.05, 3.63) is 23.8 Å². The maximum absolute atomic E-state index is 11.3. The molecule has 1 rings (SSSR count). The standard InChI is InChI=1S/C10H14N2O3/c1-6(11)9(13)12-8-4-2-3-7(5-8)10(14)15/h2-3,5-6,8H,4,11H2,1H3,(H,12,13)(H,14,15). The largest absolute Gasteiger partial charge is 0.478 e. The van der Waals surface area contributed by atoms with Gasteiger partial charge in [-0.2, -0.15) is 0 Å². The van der Waals surface area contributed by atoms with Crippen LogP contribution in [0.5, 0.6) is 0 Å². The molecule has 5 nitrogen and oxygen atoms in total. The van der Waals surface area contributed by atoms with Gasteiger partial charge in [-0.25, -0.2) is 4.79 Å². The number of hydrogen-bond donors (Lipinski definition) is 3. The smallest absolute Gasteiger partial charge is 0.335 e. The van der Waals surface area contributed by atoms with Crippen LogP contribution in [-0.4, -0.2) is 29.1 Å². The first-order valence-electron chi connectivity index (χ1n) is 4.68. The van der Waals surface area contributed by atoms with Crippen molar-refractivity contribution in [2.45, 2.75) is 25.4 Å². The van der Waals surface area contributed by atoms with Crippen molar-refractivity contribution in [3.8, 4) is 0 Å². The molecule has 0 saturated carbocycles. The van der Waals surface area contributed by atoms with Gasteiger partial charge in [0.25, 0.3) is 0 Å². The van der Waals surface area contributed by atoms with E-state index in [0.717, 1.165) is 0 Å². The molecule has 5 heteroatoms. The van der Waals surface area contributed by atoms with Gasteiger partial charge in [-0.15, -0.1) is 0 Å². The van der Waals surface area contributed by atoms with Crippen LogP contribution in [0.3, 0.4) is 0 Å². The lowest BCUT2D eigenvalue weighted by molar-refractivity contribution is -0.132. The highest BCUT2D eigenvalue weighted by atomic mass is 16.4. The van der Waals surface area contributed by atoms with Gasteiger partial charge in [-0.1, -0.05) is 12.2 Å². The number of nitrogens with two attached hydrogens (primary N) is 1. The van der Waals surface area contributed by atoms with Gasteiger partial charge in [0.05, 0.1) is 17.7 Å². The molecular weight excluding hydrogens is 196 g/mol. The van der Waals surface area contributed by atoms with Crippen LogP contribution in [0, 0.1) is 0 Å². The molecule has 0 saturated heterocycles. The minimum Gasteiger partial charge on any atom is -0.478 e. The van der Waals surface area contributed by atoms with Crippen LogP contribution in [0.2, 0.25) is 0 Å². The molecule has 0 aromatic heterocycles. The third kappa shape index (κ3) is 3.21. The Morgan fingerprint density at radius 2 is 2.33 bits per heavy atom. The number of amides is 1. The van der Waals surface area contributed by atoms with Crippen molar-refractivity contribution in [1.82, 2.24) is 5.32 Å². The normalized spacial score (nSPS) is 21.7. The van der Waals surface area contributed by atoms with Crippen LogP contribution >= 0.6 is 0 Å². The van der Waals surface area contributed by atoms with Gasteiger partial charge >= 0.3 is 5.97 Å². The molecule has 1 aliphatic carbocycles. The zero-order chi connectivity index (χ0) is 11.4. The average Bonchev–Trinajstić information content (AvgIpc) is 2.18. The molecule has 1 aliphatic rings. The molecule has 0 aromatic carbocycles. The van der Waals surface area contributed by atoms with Crippen LogP contribution < -0.4 is 11.1 Å². The van der Waals surface area contributed by atoms with Crippen molar-refractivity contribution in [2.75, 3.05) is 0 Å². The van der Waals surface area contributed by atoms with E-state index in [2.05, 4.69) is 5.32 Å². The molecule has 2 atom stereocenters. The van der Waals surface area contributed by atoms with E-state index < -0.39 is 12.0 Å². The predicted molar refractivity (Wildman–Crippen MR) is 55.1 cm³/mol. The van der Waals surface area contributed by atoms with Gasteiger partial charge in [-0.05, 0) is 19.4 Å². The van der Waals surface area contributed by atoms with E-state index in [4.69, 9.17) is 10.8 Å². The van der Waals surface area contributed by atoms with E-state index >= 15 is 0 Å². The number of carbonyl (C=O) groups is 2. The fourth-order valence-corrected chi connectivity index (χ4v) is 1.24. The first-order chi connectivity index (χ1) is 7.00. The van der Waals surface area contributed by atoms with Crippen LogP contribution in [-0.2, 0) is 9.59 Å². The molecular formula is C10H14N2O3. The van der Waals surface area contributed by atoms with Crippen LogP contribution in [0.15, 0.2) is 23.8 Å². The predicted octanol–water partition coefficient (Wildman–Crippen LogP) is -0.211. The summed E-state index contributed by atoms with van der Waals surface area (Å²) in [6, 6.07) is -0.864. The van der Waals surface area contributed by atoms with Crippen molar-refractivity contribution in [2.24, 2.45) is 5.73 Å². The first kappa shape index (κ1) is 11.5. The highest BCUT2D eigenvalue weighted by molar-refractivity contribution is 5.90. The maximum atomic E-state index is 11.3. The zero-order valence-corrected chi connectivity index (χ0v) is 8.43. The third-order valence-electron chi connectivity index (χ3n) is 2.06. The average molecular weight is 210 g/mol. The second kappa shape index (κ2) is 4.75. The van der Waals surface area contributed by atoms with Gasteiger partial charge < -0.3 is 16.2 Å². The zero-order valence-electron chi connectivity index (χ0n) is 8.43. The Morgan fingerprint density at radius 3 is 2.87 bits per heavy atom. The van der Waals surface area contributed by atoms with Crippen LogP contribution in [0.25, 0.3) is 0 Å². The van der Waals surface area contributed by atoms with Crippen molar-refractivity contribution in [1.29, 1.82) is 0 Å². The van der Waals surface area contributed by atoms with Crippen LogP contribution in [0.1, 0.15) is 13.3 Å². The molecule has 0 aromatic rings. The number of nitrogens with one attached hydrogen (secondary N) is 1. The molecule has 0 bridgehead atoms. The van der Waals surface area contributed by atoms with Gasteiger partial charge in [0.1, 0.15) is 0 Å². The lowest BCUT2D eigenvalue weighted by Gasteiger charge is -2.18. The summed E-state index contributed by atoms with van der Waals surface area (Å²) in [5.41, 5.74) is 5.57. The second-order valence-corrected chi connectivity index (χ2v) is 3.47. The SMILES string of the molecule is CC(N)C(=O)NC1C=C(C(=O)O)C=CC1. The molecule has 0 fully saturated rings. The Labute approximate surface area is 87.6 Å². The third-order valence-corrected chi connectivity index (χ3v) is 2.06. The summed E-state index contributed by atoms with van der Waals surface area (Å²) in [6.45, 7) is 1.58. The number of hydrogen-bond acceptors (Lipinski definition) is 3. The topological polar surface area (TPSA) is 92.4 Å². The summed E-state index contributed by atoms with van der Waals surface area (Å²) >= 11 is 0. The summed E-state index contributed by atoms with van der Waals surface area (Å²) < 4.78 is 0. The van der Waals surface area contributed by atoms with Gasteiger partial charge in [0.15, 0.2) is 0 Å². The summed E-state index contributed by atoms with van der Waals surface area (Å²) in [7, 11) is 0. The minimum atomic E-state index is -0.994. The van der Waals surface area contributed by atoms with Crippen molar-refractivity contribution in [3.63, 3.8) is 0 Å². The molecule has 0 radical (unpaired) electrons. The lowest BCUT2D eigenvalue weighted by atomic mass is 10.0. The summed E-state index contributed by atoms with van der Waals surface area (Å²) in [6.07, 6.45) is 5.35. The van der Waals surface area contributed by atoms with E-state index in [-0.39, 0.29) is 17.5 Å². The second-order valence-electron chi connectivity index (χ2n) is 3.47.